The van der Waals surface area contributed by atoms with Gasteiger partial charge < -0.3 is 14.6 Å². The van der Waals surface area contributed by atoms with Gasteiger partial charge >= 0.3 is 0 Å². The molecule has 0 aliphatic carbocycles. The standard InChI is InChI=1S/C21H23ClFN5O2S/c1-14-6-8-27(9-7-14)20-25-26-21(28(20)12-16-3-2-10-30-16)31-13-19(29)24-15-4-5-18(23)17(22)11-15/h2-5,10-11,14H,6-9,12-13H2,1H3,(H,24,29). The predicted molar refractivity (Wildman–Crippen MR) is 119 cm³/mol. The minimum absolute atomic E-state index is 0.0378. The molecule has 1 aromatic carbocycles. The molecule has 1 aliphatic heterocycles. The first-order chi connectivity index (χ1) is 15.0. The van der Waals surface area contributed by atoms with Gasteiger partial charge in [0.15, 0.2) is 5.16 Å². The van der Waals surface area contributed by atoms with Gasteiger partial charge in [-0.3, -0.25) is 9.36 Å². The van der Waals surface area contributed by atoms with Gasteiger partial charge in [-0.2, -0.15) is 0 Å². The highest BCUT2D eigenvalue weighted by atomic mass is 35.5. The van der Waals surface area contributed by atoms with Crippen LogP contribution in [0.15, 0.2) is 46.2 Å². The van der Waals surface area contributed by atoms with E-state index in [9.17, 15) is 9.18 Å². The van der Waals surface area contributed by atoms with Gasteiger partial charge in [0.2, 0.25) is 11.9 Å². The van der Waals surface area contributed by atoms with Gasteiger partial charge in [0, 0.05) is 18.8 Å². The molecule has 164 valence electrons. The lowest BCUT2D eigenvalue weighted by atomic mass is 10.00. The van der Waals surface area contributed by atoms with Crippen molar-refractivity contribution >= 4 is 40.9 Å². The largest absolute Gasteiger partial charge is 0.467 e. The smallest absolute Gasteiger partial charge is 0.234 e. The summed E-state index contributed by atoms with van der Waals surface area (Å²) in [5.41, 5.74) is 0.442. The van der Waals surface area contributed by atoms with Crippen molar-refractivity contribution in [2.45, 2.75) is 31.5 Å². The van der Waals surface area contributed by atoms with Crippen molar-refractivity contribution in [3.63, 3.8) is 0 Å². The van der Waals surface area contributed by atoms with Crippen molar-refractivity contribution < 1.29 is 13.6 Å². The van der Waals surface area contributed by atoms with Crippen LogP contribution in [0.4, 0.5) is 16.0 Å². The Labute approximate surface area is 189 Å². The first-order valence-electron chi connectivity index (χ1n) is 10.1. The fraction of sp³-hybridized carbons (Fsp3) is 0.381. The molecule has 1 saturated heterocycles. The van der Waals surface area contributed by atoms with E-state index in [2.05, 4.69) is 27.3 Å². The minimum Gasteiger partial charge on any atom is -0.467 e. The van der Waals surface area contributed by atoms with E-state index in [0.717, 1.165) is 37.6 Å². The molecular formula is C21H23ClFN5O2S. The van der Waals surface area contributed by atoms with Crippen molar-refractivity contribution in [1.82, 2.24) is 14.8 Å². The molecule has 0 atom stereocenters. The second-order valence-corrected chi connectivity index (χ2v) is 8.93. The Morgan fingerprint density at radius 3 is 2.84 bits per heavy atom. The van der Waals surface area contributed by atoms with Crippen molar-refractivity contribution in [3.8, 4) is 0 Å². The van der Waals surface area contributed by atoms with Crippen LogP contribution in [0.25, 0.3) is 0 Å². The van der Waals surface area contributed by atoms with Gasteiger partial charge in [0.05, 0.1) is 23.6 Å². The van der Waals surface area contributed by atoms with Gasteiger partial charge in [-0.1, -0.05) is 30.3 Å². The van der Waals surface area contributed by atoms with Crippen LogP contribution in [0.3, 0.4) is 0 Å². The number of nitrogens with one attached hydrogen (secondary N) is 1. The molecule has 7 nitrogen and oxygen atoms in total. The molecule has 31 heavy (non-hydrogen) atoms. The Kier molecular flexibility index (Phi) is 6.82. The number of amides is 1. The number of anilines is 2. The second kappa shape index (κ2) is 9.74. The monoisotopic (exact) mass is 463 g/mol. The molecule has 1 N–H and O–H groups in total. The van der Waals surface area contributed by atoms with Crippen LogP contribution in [0.1, 0.15) is 25.5 Å². The number of piperidine rings is 1. The molecule has 0 saturated carbocycles. The lowest BCUT2D eigenvalue weighted by molar-refractivity contribution is -0.113. The van der Waals surface area contributed by atoms with Gasteiger partial charge in [-0.25, -0.2) is 4.39 Å². The number of hydrogen-bond acceptors (Lipinski definition) is 6. The average molecular weight is 464 g/mol. The van der Waals surface area contributed by atoms with Crippen molar-refractivity contribution in [2.75, 3.05) is 29.1 Å². The SMILES string of the molecule is CC1CCN(c2nnc(SCC(=O)Nc3ccc(F)c(Cl)c3)n2Cc2ccco2)CC1. The van der Waals surface area contributed by atoms with E-state index in [4.69, 9.17) is 16.0 Å². The molecule has 0 spiro atoms. The normalized spacial score (nSPS) is 14.7. The maximum atomic E-state index is 13.3. The zero-order valence-electron chi connectivity index (χ0n) is 17.1. The van der Waals surface area contributed by atoms with Gasteiger partial charge in [-0.05, 0) is 49.1 Å². The summed E-state index contributed by atoms with van der Waals surface area (Å²) in [6.07, 6.45) is 3.85. The van der Waals surface area contributed by atoms with Gasteiger partial charge in [0.1, 0.15) is 11.6 Å². The number of nitrogens with zero attached hydrogens (tertiary/aromatic N) is 4. The molecule has 0 bridgehead atoms. The van der Waals surface area contributed by atoms with E-state index in [1.54, 1.807) is 6.26 Å². The fourth-order valence-corrected chi connectivity index (χ4v) is 4.34. The predicted octanol–water partition coefficient (Wildman–Crippen LogP) is 4.68. The number of carbonyl (C=O) groups excluding carboxylic acids is 1. The number of aromatic nitrogens is 3. The van der Waals surface area contributed by atoms with Gasteiger partial charge in [0.25, 0.3) is 0 Å². The van der Waals surface area contributed by atoms with Crippen LogP contribution >= 0.6 is 23.4 Å². The highest BCUT2D eigenvalue weighted by Crippen LogP contribution is 2.27. The number of carbonyl (C=O) groups is 1. The van der Waals surface area contributed by atoms with Crippen molar-refractivity contribution in [3.05, 3.63) is 53.2 Å². The van der Waals surface area contributed by atoms with Crippen molar-refractivity contribution in [2.24, 2.45) is 5.92 Å². The Bertz CT molecular complexity index is 1030. The van der Waals surface area contributed by atoms with E-state index in [0.29, 0.717) is 23.3 Å². The summed E-state index contributed by atoms with van der Waals surface area (Å²) in [5.74, 6) is 1.64. The molecule has 1 fully saturated rings. The summed E-state index contributed by atoms with van der Waals surface area (Å²) in [7, 11) is 0. The van der Waals surface area contributed by atoms with E-state index in [1.807, 2.05) is 16.7 Å². The third-order valence-electron chi connectivity index (χ3n) is 5.19. The molecular weight excluding hydrogens is 441 g/mol. The van der Waals surface area contributed by atoms with Crippen molar-refractivity contribution in [1.29, 1.82) is 0 Å². The summed E-state index contributed by atoms with van der Waals surface area (Å²) in [5, 5.41) is 12.1. The summed E-state index contributed by atoms with van der Waals surface area (Å²) < 4.78 is 20.8. The Morgan fingerprint density at radius 1 is 1.32 bits per heavy atom. The summed E-state index contributed by atoms with van der Waals surface area (Å²) in [4.78, 5) is 14.6. The molecule has 3 heterocycles. The molecule has 0 unspecified atom stereocenters. The quantitative estimate of drug-likeness (QED) is 0.513. The molecule has 2 aromatic heterocycles. The molecule has 1 amide bonds. The zero-order chi connectivity index (χ0) is 21.8. The number of hydrogen-bond donors (Lipinski definition) is 1. The van der Waals surface area contributed by atoms with E-state index in [1.165, 1.54) is 30.0 Å². The van der Waals surface area contributed by atoms with Crippen LogP contribution < -0.4 is 10.2 Å². The summed E-state index contributed by atoms with van der Waals surface area (Å²) >= 11 is 7.07. The molecule has 3 aromatic rings. The molecule has 0 radical (unpaired) electrons. The number of rotatable bonds is 7. The third-order valence-corrected chi connectivity index (χ3v) is 6.45. The van der Waals surface area contributed by atoms with E-state index < -0.39 is 5.82 Å². The number of benzene rings is 1. The van der Waals surface area contributed by atoms with Crippen LogP contribution in [-0.4, -0.2) is 39.5 Å². The maximum absolute atomic E-state index is 13.3. The number of thioether (sulfide) groups is 1. The minimum atomic E-state index is -0.528. The Morgan fingerprint density at radius 2 is 2.13 bits per heavy atom. The highest BCUT2D eigenvalue weighted by molar-refractivity contribution is 7.99. The second-order valence-electron chi connectivity index (χ2n) is 7.58. The third kappa shape index (κ3) is 5.40. The first-order valence-corrected chi connectivity index (χ1v) is 11.4. The van der Waals surface area contributed by atoms with E-state index >= 15 is 0 Å². The Balaban J connectivity index is 1.46. The molecule has 10 heteroatoms. The summed E-state index contributed by atoms with van der Waals surface area (Å²) in [6.45, 7) is 4.60. The van der Waals surface area contributed by atoms with E-state index in [-0.39, 0.29) is 16.7 Å². The van der Waals surface area contributed by atoms with Gasteiger partial charge in [-0.15, -0.1) is 10.2 Å². The lowest BCUT2D eigenvalue weighted by Crippen LogP contribution is -2.35. The number of furan rings is 1. The summed E-state index contributed by atoms with van der Waals surface area (Å²) in [6, 6.07) is 7.82. The maximum Gasteiger partial charge on any atom is 0.234 e. The molecule has 4 rings (SSSR count). The lowest BCUT2D eigenvalue weighted by Gasteiger charge is -2.31. The van der Waals surface area contributed by atoms with Crippen LogP contribution in [0.2, 0.25) is 5.02 Å². The highest BCUT2D eigenvalue weighted by Gasteiger charge is 2.23. The van der Waals surface area contributed by atoms with Crippen LogP contribution in [0.5, 0.6) is 0 Å². The number of halogens is 2. The average Bonchev–Trinajstić information content (AvgIpc) is 3.40. The Hall–Kier alpha value is -2.52. The fourth-order valence-electron chi connectivity index (χ4n) is 3.43. The zero-order valence-corrected chi connectivity index (χ0v) is 18.6. The first kappa shape index (κ1) is 21.7. The van der Waals surface area contributed by atoms with Crippen LogP contribution in [0, 0.1) is 11.7 Å². The van der Waals surface area contributed by atoms with Crippen LogP contribution in [-0.2, 0) is 11.3 Å². The molecule has 1 aliphatic rings. The topological polar surface area (TPSA) is 76.2 Å².